The van der Waals surface area contributed by atoms with Crippen LogP contribution in [0.1, 0.15) is 52.3 Å². The number of aryl methyl sites for hydroxylation is 1. The van der Waals surface area contributed by atoms with Crippen molar-refractivity contribution >= 4 is 6.09 Å². The van der Waals surface area contributed by atoms with Crippen LogP contribution in [0, 0.1) is 18.3 Å². The maximum Gasteiger partial charge on any atom is 0.407 e. The number of amides is 1. The average Bonchev–Trinajstić information content (AvgIpc) is 2.49. The number of hydrogen-bond acceptors (Lipinski definition) is 4. The highest BCUT2D eigenvalue weighted by Crippen LogP contribution is 2.45. The third kappa shape index (κ3) is 5.70. The predicted octanol–water partition coefficient (Wildman–Crippen LogP) is 3.46. The number of nitrogens with one attached hydrogen (secondary N) is 2. The van der Waals surface area contributed by atoms with Gasteiger partial charge >= 0.3 is 6.09 Å². The highest BCUT2D eigenvalue weighted by atomic mass is 16.6. The maximum absolute atomic E-state index is 11.8. The van der Waals surface area contributed by atoms with Gasteiger partial charge in [0.2, 0.25) is 0 Å². The Kier molecular flexibility index (Phi) is 6.09. The van der Waals surface area contributed by atoms with Gasteiger partial charge in [0.25, 0.3) is 0 Å². The van der Waals surface area contributed by atoms with E-state index in [2.05, 4.69) is 48.5 Å². The summed E-state index contributed by atoms with van der Waals surface area (Å²) in [4.78, 5) is 16.2. The molecule has 1 aromatic heterocycles. The minimum absolute atomic E-state index is 0.162. The van der Waals surface area contributed by atoms with Gasteiger partial charge in [0, 0.05) is 37.4 Å². The molecule has 0 saturated heterocycles. The van der Waals surface area contributed by atoms with Gasteiger partial charge in [-0.15, -0.1) is 0 Å². The van der Waals surface area contributed by atoms with E-state index >= 15 is 0 Å². The molecule has 1 saturated carbocycles. The molecule has 5 heteroatoms. The fourth-order valence-electron chi connectivity index (χ4n) is 3.25. The largest absolute Gasteiger partial charge is 0.444 e. The number of pyridine rings is 1. The van der Waals surface area contributed by atoms with Crippen LogP contribution in [0.3, 0.4) is 0 Å². The molecule has 0 aliphatic heterocycles. The second-order valence-electron chi connectivity index (χ2n) is 8.72. The number of rotatable bonds is 6. The van der Waals surface area contributed by atoms with Crippen molar-refractivity contribution in [3.63, 3.8) is 0 Å². The normalized spacial score (nSPS) is 22.2. The number of ether oxygens (including phenoxy) is 1. The van der Waals surface area contributed by atoms with E-state index in [9.17, 15) is 4.79 Å². The summed E-state index contributed by atoms with van der Waals surface area (Å²) in [5.74, 6) is 0.468. The molecule has 140 valence electrons. The molecule has 2 N–H and O–H groups in total. The van der Waals surface area contributed by atoms with Crippen LogP contribution in [0.5, 0.6) is 0 Å². The first-order valence-corrected chi connectivity index (χ1v) is 9.19. The maximum atomic E-state index is 11.8. The SMILES string of the molecule is Cc1ccc(CCNC2CC(CNC(=O)OC(C)(C)C)C2(C)C)nc1. The second kappa shape index (κ2) is 7.73. The van der Waals surface area contributed by atoms with Gasteiger partial charge in [-0.3, -0.25) is 4.98 Å². The fourth-order valence-corrected chi connectivity index (χ4v) is 3.25. The number of hydrogen-bond donors (Lipinski definition) is 2. The molecule has 2 rings (SSSR count). The zero-order valence-electron chi connectivity index (χ0n) is 16.5. The van der Waals surface area contributed by atoms with E-state index in [1.165, 1.54) is 5.56 Å². The first kappa shape index (κ1) is 19.7. The molecule has 1 amide bonds. The van der Waals surface area contributed by atoms with Crippen LogP contribution in [0.2, 0.25) is 0 Å². The Balaban J connectivity index is 1.70. The quantitative estimate of drug-likeness (QED) is 0.827. The zero-order chi connectivity index (χ0) is 18.7. The standard InChI is InChI=1S/C20H33N3O2/c1-14-7-8-16(22-12-14)9-10-21-17-11-15(20(17,5)6)13-23-18(24)25-19(2,3)4/h7-8,12,15,17,21H,9-11,13H2,1-6H3,(H,23,24). The first-order chi connectivity index (χ1) is 11.6. The van der Waals surface area contributed by atoms with Crippen LogP contribution in [-0.2, 0) is 11.2 Å². The lowest BCUT2D eigenvalue weighted by molar-refractivity contribution is 0.00930. The van der Waals surface area contributed by atoms with Gasteiger partial charge in [-0.25, -0.2) is 4.79 Å². The summed E-state index contributed by atoms with van der Waals surface area (Å²) in [7, 11) is 0. The Morgan fingerprint density at radius 3 is 2.64 bits per heavy atom. The van der Waals surface area contributed by atoms with Crippen LogP contribution in [-0.4, -0.2) is 35.8 Å². The zero-order valence-corrected chi connectivity index (χ0v) is 16.5. The van der Waals surface area contributed by atoms with E-state index in [1.54, 1.807) is 0 Å². The topological polar surface area (TPSA) is 63.2 Å². The van der Waals surface area contributed by atoms with Crippen molar-refractivity contribution in [3.05, 3.63) is 29.6 Å². The lowest BCUT2D eigenvalue weighted by atomic mass is 9.58. The number of carbonyl (C=O) groups excluding carboxylic acids is 1. The summed E-state index contributed by atoms with van der Waals surface area (Å²) >= 11 is 0. The van der Waals surface area contributed by atoms with E-state index < -0.39 is 5.60 Å². The van der Waals surface area contributed by atoms with Crippen molar-refractivity contribution in [2.75, 3.05) is 13.1 Å². The smallest absolute Gasteiger partial charge is 0.407 e. The van der Waals surface area contributed by atoms with Crippen molar-refractivity contribution in [2.24, 2.45) is 11.3 Å². The van der Waals surface area contributed by atoms with Crippen LogP contribution in [0.25, 0.3) is 0 Å². The summed E-state index contributed by atoms with van der Waals surface area (Å²) in [6.07, 6.45) is 3.60. The van der Waals surface area contributed by atoms with Gasteiger partial charge in [0.1, 0.15) is 5.60 Å². The molecule has 1 aromatic rings. The molecule has 0 aromatic carbocycles. The van der Waals surface area contributed by atoms with Crippen LogP contribution in [0.4, 0.5) is 4.79 Å². The van der Waals surface area contributed by atoms with E-state index in [1.807, 2.05) is 27.0 Å². The minimum atomic E-state index is -0.451. The van der Waals surface area contributed by atoms with Crippen molar-refractivity contribution in [3.8, 4) is 0 Å². The molecule has 1 aliphatic carbocycles. The van der Waals surface area contributed by atoms with Gasteiger partial charge in [-0.2, -0.15) is 0 Å². The Morgan fingerprint density at radius 1 is 1.36 bits per heavy atom. The van der Waals surface area contributed by atoms with Gasteiger partial charge in [-0.05, 0) is 57.1 Å². The minimum Gasteiger partial charge on any atom is -0.444 e. The molecule has 1 fully saturated rings. The molecule has 1 aliphatic rings. The molecule has 5 nitrogen and oxygen atoms in total. The molecule has 2 atom stereocenters. The second-order valence-corrected chi connectivity index (χ2v) is 8.72. The Morgan fingerprint density at radius 2 is 2.08 bits per heavy atom. The third-order valence-electron chi connectivity index (χ3n) is 5.11. The Labute approximate surface area is 151 Å². The predicted molar refractivity (Wildman–Crippen MR) is 101 cm³/mol. The van der Waals surface area contributed by atoms with Gasteiger partial charge in [-0.1, -0.05) is 19.9 Å². The molecular formula is C20H33N3O2. The number of nitrogens with zero attached hydrogens (tertiary/aromatic N) is 1. The number of aromatic nitrogens is 1. The summed E-state index contributed by atoms with van der Waals surface area (Å²) in [5.41, 5.74) is 2.03. The monoisotopic (exact) mass is 347 g/mol. The van der Waals surface area contributed by atoms with Crippen molar-refractivity contribution in [1.29, 1.82) is 0 Å². The van der Waals surface area contributed by atoms with Crippen molar-refractivity contribution in [2.45, 2.75) is 66.0 Å². The number of carbonyl (C=O) groups is 1. The molecule has 0 bridgehead atoms. The van der Waals surface area contributed by atoms with E-state index in [0.717, 1.165) is 25.1 Å². The summed E-state index contributed by atoms with van der Waals surface area (Å²) < 4.78 is 5.30. The lowest BCUT2D eigenvalue weighted by Gasteiger charge is -2.52. The van der Waals surface area contributed by atoms with Crippen LogP contribution >= 0.6 is 0 Å². The average molecular weight is 348 g/mol. The van der Waals surface area contributed by atoms with E-state index in [-0.39, 0.29) is 11.5 Å². The van der Waals surface area contributed by atoms with Crippen molar-refractivity contribution < 1.29 is 9.53 Å². The van der Waals surface area contributed by atoms with Gasteiger partial charge < -0.3 is 15.4 Å². The van der Waals surface area contributed by atoms with Gasteiger partial charge in [0.15, 0.2) is 0 Å². The van der Waals surface area contributed by atoms with E-state index in [0.29, 0.717) is 18.5 Å². The van der Waals surface area contributed by atoms with Gasteiger partial charge in [0.05, 0.1) is 0 Å². The van der Waals surface area contributed by atoms with Crippen LogP contribution < -0.4 is 10.6 Å². The molecule has 25 heavy (non-hydrogen) atoms. The summed E-state index contributed by atoms with van der Waals surface area (Å²) in [6.45, 7) is 13.8. The molecular weight excluding hydrogens is 314 g/mol. The molecule has 1 heterocycles. The highest BCUT2D eigenvalue weighted by molar-refractivity contribution is 5.67. The van der Waals surface area contributed by atoms with E-state index in [4.69, 9.17) is 4.74 Å². The van der Waals surface area contributed by atoms with Crippen LogP contribution in [0.15, 0.2) is 18.3 Å². The Bertz CT molecular complexity index is 576. The Hall–Kier alpha value is -1.62. The summed E-state index contributed by atoms with van der Waals surface area (Å²) in [6, 6.07) is 4.67. The highest BCUT2D eigenvalue weighted by Gasteiger charge is 2.47. The fraction of sp³-hybridized carbons (Fsp3) is 0.700. The molecule has 2 unspecified atom stereocenters. The third-order valence-corrected chi connectivity index (χ3v) is 5.11. The first-order valence-electron chi connectivity index (χ1n) is 9.19. The number of alkyl carbamates (subject to hydrolysis) is 1. The van der Waals surface area contributed by atoms with Crippen molar-refractivity contribution in [1.82, 2.24) is 15.6 Å². The molecule has 0 radical (unpaired) electrons. The molecule has 0 spiro atoms. The lowest BCUT2D eigenvalue weighted by Crippen LogP contribution is -2.60. The summed E-state index contributed by atoms with van der Waals surface area (Å²) in [5, 5.41) is 6.55.